The molecule has 0 amide bonds. The number of carboxylic acids is 1. The van der Waals surface area contributed by atoms with Gasteiger partial charge in [-0.15, -0.1) is 0 Å². The highest BCUT2D eigenvalue weighted by Gasteiger charge is 2.54. The summed E-state index contributed by atoms with van der Waals surface area (Å²) in [5.74, 6) is -5.19. The lowest BCUT2D eigenvalue weighted by molar-refractivity contribution is -0.167. The SMILES string of the molecule is O=C(O)[C@](O)(c1ccccc1C1CCNCC1)[C@@H]1CCC(F)(F)C1. The maximum atomic E-state index is 13.6. The van der Waals surface area contributed by atoms with Crippen molar-refractivity contribution in [1.29, 1.82) is 0 Å². The third-order valence-electron chi connectivity index (χ3n) is 5.47. The third kappa shape index (κ3) is 3.05. The molecule has 1 saturated heterocycles. The standard InChI is InChI=1S/C18H23F2NO3/c19-17(20)8-5-13(11-17)18(24,16(22)23)15-4-2-1-3-14(15)12-6-9-21-10-7-12/h1-4,12-13,21,24H,5-11H2,(H,22,23)/t13-,18-/m1/s1. The van der Waals surface area contributed by atoms with E-state index >= 15 is 0 Å². The second-order valence-corrected chi connectivity index (χ2v) is 6.98. The van der Waals surface area contributed by atoms with Gasteiger partial charge in [0.05, 0.1) is 0 Å². The van der Waals surface area contributed by atoms with E-state index in [9.17, 15) is 23.8 Å². The Morgan fingerprint density at radius 3 is 2.46 bits per heavy atom. The second-order valence-electron chi connectivity index (χ2n) is 6.98. The van der Waals surface area contributed by atoms with Crippen molar-refractivity contribution < 1.29 is 23.8 Å². The molecule has 0 spiro atoms. The van der Waals surface area contributed by atoms with Crippen molar-refractivity contribution in [1.82, 2.24) is 5.32 Å². The van der Waals surface area contributed by atoms with Crippen LogP contribution in [0.5, 0.6) is 0 Å². The normalized spacial score (nSPS) is 26.9. The summed E-state index contributed by atoms with van der Waals surface area (Å²) in [6.07, 6.45) is 0.733. The third-order valence-corrected chi connectivity index (χ3v) is 5.47. The Morgan fingerprint density at radius 2 is 1.88 bits per heavy atom. The second kappa shape index (κ2) is 6.41. The summed E-state index contributed by atoms with van der Waals surface area (Å²) in [6, 6.07) is 6.89. The predicted octanol–water partition coefficient (Wildman–Crippen LogP) is 2.86. The minimum absolute atomic E-state index is 0.0103. The van der Waals surface area contributed by atoms with E-state index in [0.29, 0.717) is 0 Å². The van der Waals surface area contributed by atoms with Gasteiger partial charge in [0.15, 0.2) is 5.60 Å². The van der Waals surface area contributed by atoms with E-state index in [4.69, 9.17) is 0 Å². The number of aliphatic carboxylic acids is 1. The first-order valence-electron chi connectivity index (χ1n) is 8.48. The number of alkyl halides is 2. The number of hydrogen-bond donors (Lipinski definition) is 3. The average Bonchev–Trinajstić information content (AvgIpc) is 2.95. The quantitative estimate of drug-likeness (QED) is 0.789. The molecule has 3 rings (SSSR count). The van der Waals surface area contributed by atoms with Crippen LogP contribution in [-0.2, 0) is 10.4 Å². The van der Waals surface area contributed by atoms with E-state index in [-0.39, 0.29) is 24.3 Å². The van der Waals surface area contributed by atoms with Crippen molar-refractivity contribution in [3.8, 4) is 0 Å². The van der Waals surface area contributed by atoms with Gasteiger partial charge in [-0.3, -0.25) is 0 Å². The smallest absolute Gasteiger partial charge is 0.340 e. The van der Waals surface area contributed by atoms with Crippen LogP contribution in [-0.4, -0.2) is 35.2 Å². The molecule has 1 aliphatic carbocycles. The summed E-state index contributed by atoms with van der Waals surface area (Å²) in [6.45, 7) is 1.65. The summed E-state index contributed by atoms with van der Waals surface area (Å²) in [4.78, 5) is 11.9. The number of hydrogen-bond acceptors (Lipinski definition) is 3. The number of carboxylic acid groups (broad SMARTS) is 1. The number of carbonyl (C=O) groups is 1. The summed E-state index contributed by atoms with van der Waals surface area (Å²) in [5.41, 5.74) is -1.20. The van der Waals surface area contributed by atoms with Crippen molar-refractivity contribution >= 4 is 5.97 Å². The summed E-state index contributed by atoms with van der Waals surface area (Å²) >= 11 is 0. The molecule has 0 unspecified atom stereocenters. The monoisotopic (exact) mass is 339 g/mol. The van der Waals surface area contributed by atoms with Crippen LogP contribution in [0.15, 0.2) is 24.3 Å². The molecule has 2 atom stereocenters. The minimum Gasteiger partial charge on any atom is -0.479 e. The fourth-order valence-electron chi connectivity index (χ4n) is 4.15. The molecule has 3 N–H and O–H groups in total. The van der Waals surface area contributed by atoms with E-state index in [2.05, 4.69) is 5.32 Å². The molecule has 1 heterocycles. The molecule has 2 aliphatic rings. The molecule has 1 aromatic carbocycles. The highest BCUT2D eigenvalue weighted by Crippen LogP contribution is 2.49. The lowest BCUT2D eigenvalue weighted by Crippen LogP contribution is -2.44. The van der Waals surface area contributed by atoms with Gasteiger partial charge in [-0.1, -0.05) is 24.3 Å². The van der Waals surface area contributed by atoms with Gasteiger partial charge in [-0.05, 0) is 49.4 Å². The molecule has 24 heavy (non-hydrogen) atoms. The molecule has 1 aromatic rings. The fraction of sp³-hybridized carbons (Fsp3) is 0.611. The Morgan fingerprint density at radius 1 is 1.21 bits per heavy atom. The number of aliphatic hydroxyl groups is 1. The Kier molecular flexibility index (Phi) is 4.62. The van der Waals surface area contributed by atoms with Crippen molar-refractivity contribution in [2.24, 2.45) is 5.92 Å². The van der Waals surface area contributed by atoms with Gasteiger partial charge < -0.3 is 15.5 Å². The van der Waals surface area contributed by atoms with Crippen molar-refractivity contribution in [2.45, 2.75) is 49.5 Å². The molecule has 0 aromatic heterocycles. The van der Waals surface area contributed by atoms with E-state index in [1.165, 1.54) is 0 Å². The van der Waals surface area contributed by atoms with E-state index in [1.54, 1.807) is 12.1 Å². The molecule has 6 heteroatoms. The van der Waals surface area contributed by atoms with Gasteiger partial charge in [-0.25, -0.2) is 13.6 Å². The Bertz CT molecular complexity index is 616. The molecule has 1 aliphatic heterocycles. The zero-order valence-corrected chi connectivity index (χ0v) is 13.5. The lowest BCUT2D eigenvalue weighted by atomic mass is 9.74. The Hall–Kier alpha value is -1.53. The molecular formula is C18H23F2NO3. The minimum atomic E-state index is -2.90. The number of rotatable bonds is 4. The van der Waals surface area contributed by atoms with Gasteiger partial charge in [0.25, 0.3) is 0 Å². The average molecular weight is 339 g/mol. The van der Waals surface area contributed by atoms with Crippen molar-refractivity contribution in [3.63, 3.8) is 0 Å². The number of nitrogens with one attached hydrogen (secondary N) is 1. The van der Waals surface area contributed by atoms with E-state index in [0.717, 1.165) is 31.5 Å². The van der Waals surface area contributed by atoms with Gasteiger partial charge >= 0.3 is 5.97 Å². The molecule has 2 fully saturated rings. The first kappa shape index (κ1) is 17.3. The van der Waals surface area contributed by atoms with Gasteiger partial charge in [0.1, 0.15) is 0 Å². The van der Waals surface area contributed by atoms with Crippen LogP contribution in [0.1, 0.15) is 49.1 Å². The first-order chi connectivity index (χ1) is 11.3. The molecule has 132 valence electrons. The van der Waals surface area contributed by atoms with E-state index in [1.807, 2.05) is 12.1 Å². The topological polar surface area (TPSA) is 69.6 Å². The highest BCUT2D eigenvalue weighted by atomic mass is 19.3. The summed E-state index contributed by atoms with van der Waals surface area (Å²) in [7, 11) is 0. The molecule has 0 radical (unpaired) electrons. The van der Waals surface area contributed by atoms with Crippen LogP contribution in [0, 0.1) is 5.92 Å². The van der Waals surface area contributed by atoms with E-state index < -0.39 is 29.8 Å². The van der Waals surface area contributed by atoms with Crippen LogP contribution in [0.4, 0.5) is 8.78 Å². The Labute approximate surface area is 139 Å². The van der Waals surface area contributed by atoms with Crippen LogP contribution in [0.2, 0.25) is 0 Å². The first-order valence-corrected chi connectivity index (χ1v) is 8.48. The van der Waals surface area contributed by atoms with Crippen LogP contribution in [0.3, 0.4) is 0 Å². The van der Waals surface area contributed by atoms with Gasteiger partial charge in [0.2, 0.25) is 5.92 Å². The maximum absolute atomic E-state index is 13.6. The Balaban J connectivity index is 2.02. The number of piperidine rings is 1. The molecule has 0 bridgehead atoms. The zero-order valence-electron chi connectivity index (χ0n) is 13.5. The fourth-order valence-corrected chi connectivity index (χ4v) is 4.15. The predicted molar refractivity (Wildman–Crippen MR) is 85.1 cm³/mol. The van der Waals surface area contributed by atoms with Crippen LogP contribution < -0.4 is 5.32 Å². The summed E-state index contributed by atoms with van der Waals surface area (Å²) in [5, 5.41) is 24.0. The summed E-state index contributed by atoms with van der Waals surface area (Å²) < 4.78 is 27.3. The largest absolute Gasteiger partial charge is 0.479 e. The van der Waals surface area contributed by atoms with Crippen molar-refractivity contribution in [3.05, 3.63) is 35.4 Å². The maximum Gasteiger partial charge on any atom is 0.340 e. The molecule has 1 saturated carbocycles. The molecular weight excluding hydrogens is 316 g/mol. The van der Waals surface area contributed by atoms with Crippen LogP contribution >= 0.6 is 0 Å². The van der Waals surface area contributed by atoms with Crippen LogP contribution in [0.25, 0.3) is 0 Å². The highest BCUT2D eigenvalue weighted by molar-refractivity contribution is 5.80. The van der Waals surface area contributed by atoms with Crippen molar-refractivity contribution in [2.75, 3.05) is 13.1 Å². The van der Waals surface area contributed by atoms with Gasteiger partial charge in [-0.2, -0.15) is 0 Å². The van der Waals surface area contributed by atoms with Gasteiger partial charge in [0, 0.05) is 18.8 Å². The number of halogens is 2. The zero-order chi connectivity index (χ0) is 17.4. The molecule has 4 nitrogen and oxygen atoms in total. The number of benzene rings is 1. The lowest BCUT2D eigenvalue weighted by Gasteiger charge is -2.34.